The van der Waals surface area contributed by atoms with E-state index in [4.69, 9.17) is 15.5 Å². The molecule has 1 aromatic heterocycles. The molecule has 3 N–H and O–H groups in total. The summed E-state index contributed by atoms with van der Waals surface area (Å²) in [4.78, 5) is 31.3. The fourth-order valence-corrected chi connectivity index (χ4v) is 5.30. The number of rotatable bonds is 7. The summed E-state index contributed by atoms with van der Waals surface area (Å²) >= 11 is 1.12. The van der Waals surface area contributed by atoms with Crippen molar-refractivity contribution in [3.63, 3.8) is 0 Å². The Hall–Kier alpha value is -3.76. The Morgan fingerprint density at radius 1 is 1.19 bits per heavy atom. The quantitative estimate of drug-likeness (QED) is 0.517. The topological polar surface area (TPSA) is 145 Å². The molecule has 9 nitrogen and oxygen atoms in total. The largest absolute Gasteiger partial charge is 0.444 e. The van der Waals surface area contributed by atoms with Gasteiger partial charge in [0.05, 0.1) is 11.1 Å². The third-order valence-electron chi connectivity index (χ3n) is 5.93. The summed E-state index contributed by atoms with van der Waals surface area (Å²) in [7, 11) is 0. The van der Waals surface area contributed by atoms with Gasteiger partial charge in [0.1, 0.15) is 33.8 Å². The Balaban J connectivity index is 1.91. The number of nitrogens with one attached hydrogen (secondary N) is 1. The Bertz CT molecular complexity index is 1220. The molecule has 194 valence electrons. The van der Waals surface area contributed by atoms with Crippen LogP contribution in [0.2, 0.25) is 0 Å². The highest BCUT2D eigenvalue weighted by Gasteiger charge is 2.30. The summed E-state index contributed by atoms with van der Waals surface area (Å²) in [6, 6.07) is 13.5. The summed E-state index contributed by atoms with van der Waals surface area (Å²) in [5.74, 6) is -0.0623. The second-order valence-electron chi connectivity index (χ2n) is 9.76. The molecule has 10 heteroatoms. The third-order valence-corrected chi connectivity index (χ3v) is 7.19. The molecular weight excluding hydrogens is 488 g/mol. The molecule has 1 atom stereocenters. The number of aromatic nitrogens is 1. The van der Waals surface area contributed by atoms with E-state index in [9.17, 15) is 20.1 Å². The number of thioether (sulfide) groups is 1. The van der Waals surface area contributed by atoms with E-state index in [0.717, 1.165) is 11.8 Å². The van der Waals surface area contributed by atoms with E-state index in [-0.39, 0.29) is 11.6 Å². The van der Waals surface area contributed by atoms with Crippen LogP contribution < -0.4 is 16.0 Å². The lowest BCUT2D eigenvalue weighted by Gasteiger charge is -2.34. The number of pyridine rings is 1. The molecule has 0 radical (unpaired) electrons. The van der Waals surface area contributed by atoms with Crippen LogP contribution in [0.25, 0.3) is 0 Å². The number of piperidine rings is 1. The van der Waals surface area contributed by atoms with Crippen LogP contribution in [0.3, 0.4) is 0 Å². The van der Waals surface area contributed by atoms with Crippen LogP contribution in [0.1, 0.15) is 68.0 Å². The number of carbonyl (C=O) groups excluding carboxylic acids is 2. The highest BCUT2D eigenvalue weighted by molar-refractivity contribution is 8.00. The highest BCUT2D eigenvalue weighted by atomic mass is 32.2. The van der Waals surface area contributed by atoms with Crippen LogP contribution in [-0.4, -0.2) is 41.7 Å². The van der Waals surface area contributed by atoms with Crippen LogP contribution in [-0.2, 0) is 16.0 Å². The van der Waals surface area contributed by atoms with Gasteiger partial charge in [-0.3, -0.25) is 4.79 Å². The smallest absolute Gasteiger partial charge is 0.407 e. The van der Waals surface area contributed by atoms with Gasteiger partial charge in [0, 0.05) is 19.1 Å². The number of ether oxygens (including phenoxy) is 1. The van der Waals surface area contributed by atoms with Crippen LogP contribution in [0.5, 0.6) is 0 Å². The van der Waals surface area contributed by atoms with Crippen LogP contribution >= 0.6 is 11.8 Å². The van der Waals surface area contributed by atoms with Gasteiger partial charge in [-0.05, 0) is 51.2 Å². The second-order valence-corrected chi connectivity index (χ2v) is 10.9. The van der Waals surface area contributed by atoms with Crippen LogP contribution in [0.4, 0.5) is 10.6 Å². The minimum Gasteiger partial charge on any atom is -0.444 e. The zero-order valence-electron chi connectivity index (χ0n) is 21.6. The van der Waals surface area contributed by atoms with Crippen molar-refractivity contribution in [2.24, 2.45) is 5.73 Å². The summed E-state index contributed by atoms with van der Waals surface area (Å²) in [6.07, 6.45) is 1.29. The minimum absolute atomic E-state index is 0.0631. The van der Waals surface area contributed by atoms with Crippen molar-refractivity contribution in [2.45, 2.75) is 68.9 Å². The number of benzene rings is 1. The van der Waals surface area contributed by atoms with Crippen LogP contribution in [0.15, 0.2) is 35.4 Å². The molecule has 1 aromatic carbocycles. The molecule has 0 unspecified atom stereocenters. The minimum atomic E-state index is -0.741. The zero-order valence-corrected chi connectivity index (χ0v) is 22.4. The van der Waals surface area contributed by atoms with E-state index in [2.05, 4.69) is 17.5 Å². The molecule has 1 saturated heterocycles. The average molecular weight is 521 g/mol. The van der Waals surface area contributed by atoms with Crippen molar-refractivity contribution in [3.05, 3.63) is 52.6 Å². The number of primary amides is 1. The number of nitrogens with two attached hydrogens (primary N) is 1. The normalized spacial score (nSPS) is 14.8. The predicted octanol–water partition coefficient (Wildman–Crippen LogP) is 4.20. The first-order valence-electron chi connectivity index (χ1n) is 12.2. The van der Waals surface area contributed by atoms with Gasteiger partial charge in [0.25, 0.3) is 0 Å². The fourth-order valence-electron chi connectivity index (χ4n) is 4.24. The number of hydrogen-bond acceptors (Lipinski definition) is 8. The molecule has 0 bridgehead atoms. The summed E-state index contributed by atoms with van der Waals surface area (Å²) in [5.41, 5.74) is 7.11. The third kappa shape index (κ3) is 6.93. The average Bonchev–Trinajstić information content (AvgIpc) is 2.85. The number of carbonyl (C=O) groups is 2. The molecule has 2 heterocycles. The number of nitriles is 2. The summed E-state index contributed by atoms with van der Waals surface area (Å²) in [5, 5.41) is 22.5. The summed E-state index contributed by atoms with van der Waals surface area (Å²) < 4.78 is 5.36. The van der Waals surface area contributed by atoms with E-state index in [1.54, 1.807) is 0 Å². The Kier molecular flexibility index (Phi) is 9.01. The lowest BCUT2D eigenvalue weighted by Crippen LogP contribution is -2.46. The van der Waals surface area contributed by atoms with Crippen molar-refractivity contribution < 1.29 is 14.3 Å². The molecule has 1 aliphatic heterocycles. The molecule has 0 aliphatic carbocycles. The number of hydrogen-bond donors (Lipinski definition) is 2. The number of nitrogens with zero attached hydrogens (tertiary/aromatic N) is 4. The van der Waals surface area contributed by atoms with Gasteiger partial charge in [0.15, 0.2) is 0 Å². The van der Waals surface area contributed by atoms with Gasteiger partial charge in [-0.25, -0.2) is 9.78 Å². The van der Waals surface area contributed by atoms with E-state index in [1.165, 1.54) is 0 Å². The lowest BCUT2D eigenvalue weighted by molar-refractivity contribution is -0.117. The first-order chi connectivity index (χ1) is 17.6. The highest BCUT2D eigenvalue weighted by Crippen LogP contribution is 2.39. The van der Waals surface area contributed by atoms with Crippen molar-refractivity contribution in [2.75, 3.05) is 18.0 Å². The Labute approximate surface area is 222 Å². The molecular formula is C27H32N6O3S. The first-order valence-corrected chi connectivity index (χ1v) is 13.1. The molecule has 1 fully saturated rings. The zero-order chi connectivity index (χ0) is 27.2. The van der Waals surface area contributed by atoms with E-state index in [1.807, 2.05) is 62.9 Å². The van der Waals surface area contributed by atoms with Gasteiger partial charge in [0.2, 0.25) is 5.91 Å². The van der Waals surface area contributed by atoms with Crippen molar-refractivity contribution in [1.29, 1.82) is 10.5 Å². The number of amides is 2. The van der Waals surface area contributed by atoms with Gasteiger partial charge >= 0.3 is 6.09 Å². The Morgan fingerprint density at radius 3 is 2.32 bits per heavy atom. The van der Waals surface area contributed by atoms with Crippen molar-refractivity contribution in [1.82, 2.24) is 10.3 Å². The maximum atomic E-state index is 12.4. The Morgan fingerprint density at radius 2 is 1.81 bits per heavy atom. The molecule has 2 aromatic rings. The van der Waals surface area contributed by atoms with Crippen molar-refractivity contribution in [3.8, 4) is 12.1 Å². The maximum Gasteiger partial charge on any atom is 0.407 e. The van der Waals surface area contributed by atoms with Gasteiger partial charge < -0.3 is 20.7 Å². The van der Waals surface area contributed by atoms with E-state index < -0.39 is 22.9 Å². The molecule has 0 saturated carbocycles. The monoisotopic (exact) mass is 520 g/mol. The van der Waals surface area contributed by atoms with Gasteiger partial charge in [-0.1, -0.05) is 49.0 Å². The first kappa shape index (κ1) is 27.8. The maximum absolute atomic E-state index is 12.4. The molecule has 3 rings (SSSR count). The molecule has 2 amide bonds. The van der Waals surface area contributed by atoms with Crippen LogP contribution in [0, 0.1) is 22.7 Å². The fraction of sp³-hybridized carbons (Fsp3) is 0.444. The van der Waals surface area contributed by atoms with E-state index in [0.29, 0.717) is 59.9 Å². The standard InChI is InChI=1S/C27H32N6O3S/c1-5-19-20(15-28)24(33-13-11-18(12-14-33)31-26(35)36-27(2,3)4)32-25(21(19)16-29)37-22(23(30)34)17-9-7-6-8-10-17/h6-10,18,22H,5,11-14H2,1-4H3,(H2,30,34)(H,31,35)/t22-/m1/s1. The van der Waals surface area contributed by atoms with Gasteiger partial charge in [-0.2, -0.15) is 10.5 Å². The van der Waals surface area contributed by atoms with E-state index >= 15 is 0 Å². The molecule has 37 heavy (non-hydrogen) atoms. The van der Waals surface area contributed by atoms with Gasteiger partial charge in [-0.15, -0.1) is 0 Å². The SMILES string of the molecule is CCc1c(C#N)c(S[C@@H](C(N)=O)c2ccccc2)nc(N2CCC(NC(=O)OC(C)(C)C)CC2)c1C#N. The molecule has 1 aliphatic rings. The van der Waals surface area contributed by atoms with Crippen molar-refractivity contribution >= 4 is 29.6 Å². The number of alkyl carbamates (subject to hydrolysis) is 1. The molecule has 0 spiro atoms. The predicted molar refractivity (Wildman–Crippen MR) is 142 cm³/mol. The second kappa shape index (κ2) is 12.0. The lowest BCUT2D eigenvalue weighted by atomic mass is 10.00. The number of anilines is 1. The summed E-state index contributed by atoms with van der Waals surface area (Å²) in [6.45, 7) is 8.44.